The molecule has 0 fully saturated rings. The van der Waals surface area contributed by atoms with E-state index < -0.39 is 0 Å². The van der Waals surface area contributed by atoms with Crippen LogP contribution in [0.1, 0.15) is 11.1 Å². The number of allylic oxidation sites excluding steroid dienone is 2. The van der Waals surface area contributed by atoms with Crippen LogP contribution < -0.4 is 0 Å². The van der Waals surface area contributed by atoms with Crippen molar-refractivity contribution in [2.75, 3.05) is 0 Å². The van der Waals surface area contributed by atoms with E-state index in [0.717, 1.165) is 14.5 Å². The van der Waals surface area contributed by atoms with Crippen LogP contribution in [0.25, 0.3) is 55.6 Å². The van der Waals surface area contributed by atoms with Gasteiger partial charge in [-0.3, -0.25) is 0 Å². The third-order valence-corrected chi connectivity index (χ3v) is 8.06. The predicted molar refractivity (Wildman–Crippen MR) is 181 cm³/mol. The number of rotatable bonds is 1. The van der Waals surface area contributed by atoms with E-state index in [0.29, 0.717) is 0 Å². The van der Waals surface area contributed by atoms with E-state index in [-0.39, 0.29) is 0 Å². The molecule has 6 heteroatoms. The maximum Gasteiger partial charge on any atom is 0.115 e. The molecule has 0 N–H and O–H groups in total. The number of halogens is 2. The highest BCUT2D eigenvalue weighted by molar-refractivity contribution is 9.11. The van der Waals surface area contributed by atoms with Crippen LogP contribution in [-0.4, -0.2) is 19.9 Å². The van der Waals surface area contributed by atoms with Gasteiger partial charge >= 0.3 is 0 Å². The summed E-state index contributed by atoms with van der Waals surface area (Å²) in [4.78, 5) is 15.8. The minimum Gasteiger partial charge on any atom is -0.244 e. The lowest BCUT2D eigenvalue weighted by Gasteiger charge is -2.11. The fourth-order valence-corrected chi connectivity index (χ4v) is 5.87. The zero-order valence-corrected chi connectivity index (χ0v) is 25.5. The zero-order valence-electron chi connectivity index (χ0n) is 22.3. The van der Waals surface area contributed by atoms with Crippen molar-refractivity contribution in [3.63, 3.8) is 0 Å². The molecule has 0 unspecified atom stereocenters. The highest BCUT2D eigenvalue weighted by atomic mass is 79.9. The summed E-state index contributed by atoms with van der Waals surface area (Å²) in [5.74, 6) is 0. The fraction of sp³-hybridized carbons (Fsp3) is 0. The first-order valence-electron chi connectivity index (χ1n) is 13.2. The van der Waals surface area contributed by atoms with Crippen LogP contribution in [0.5, 0.6) is 0 Å². The van der Waals surface area contributed by atoms with E-state index in [4.69, 9.17) is 0 Å². The second kappa shape index (κ2) is 12.9. The molecule has 2 aromatic heterocycles. The summed E-state index contributed by atoms with van der Waals surface area (Å²) in [7, 11) is 0. The molecule has 1 aliphatic rings. The van der Waals surface area contributed by atoms with Gasteiger partial charge in [-0.05, 0) is 70.9 Å². The third-order valence-electron chi connectivity index (χ3n) is 6.79. The molecule has 2 heterocycles. The van der Waals surface area contributed by atoms with Gasteiger partial charge in [-0.1, -0.05) is 72.8 Å². The van der Waals surface area contributed by atoms with Crippen LogP contribution in [0.15, 0.2) is 137 Å². The third kappa shape index (κ3) is 6.02. The second-order valence-electron chi connectivity index (χ2n) is 9.44. The quantitative estimate of drug-likeness (QED) is 0.129. The van der Waals surface area contributed by atoms with Gasteiger partial charge in [-0.2, -0.15) is 0 Å². The molecule has 0 bridgehead atoms. The molecule has 5 aromatic carbocycles. The molecule has 0 radical (unpaired) electrons. The molecule has 0 saturated heterocycles. The van der Waals surface area contributed by atoms with Crippen LogP contribution in [-0.2, 0) is 0 Å². The average Bonchev–Trinajstić information content (AvgIpc) is 3.05. The Balaban J connectivity index is 0.000000126. The summed E-state index contributed by atoms with van der Waals surface area (Å²) in [6.07, 6.45) is 19.4. The van der Waals surface area contributed by atoms with Crippen LogP contribution >= 0.6 is 31.9 Å². The SMILES string of the molecule is Brc1c2c(cc3ccccc13)C=C[C+]=C2.Brc1cncnc1.c1ccc2c(-c3cncnc3)c3ccccc3cc2c1. The highest BCUT2D eigenvalue weighted by Crippen LogP contribution is 2.36. The number of fused-ring (bicyclic) bond motifs is 4. The van der Waals surface area contributed by atoms with Crippen molar-refractivity contribution >= 4 is 76.3 Å². The topological polar surface area (TPSA) is 51.6 Å². The van der Waals surface area contributed by atoms with E-state index in [9.17, 15) is 0 Å². The second-order valence-corrected chi connectivity index (χ2v) is 11.1. The van der Waals surface area contributed by atoms with Gasteiger partial charge in [0.25, 0.3) is 0 Å². The predicted octanol–water partition coefficient (Wildman–Crippen LogP) is 10.1. The van der Waals surface area contributed by atoms with Crippen molar-refractivity contribution in [2.45, 2.75) is 0 Å². The molecule has 0 aliphatic heterocycles. The molecule has 42 heavy (non-hydrogen) atoms. The summed E-state index contributed by atoms with van der Waals surface area (Å²) in [5.41, 5.74) is 4.73. The normalized spacial score (nSPS) is 11.2. The minimum atomic E-state index is 0.912. The lowest BCUT2D eigenvalue weighted by molar-refractivity contribution is 1.15. The van der Waals surface area contributed by atoms with Gasteiger partial charge in [0.05, 0.1) is 20.6 Å². The number of aromatic nitrogens is 4. The average molecular weight is 671 g/mol. The summed E-state index contributed by atoms with van der Waals surface area (Å²) in [6, 6.07) is 29.7. The van der Waals surface area contributed by atoms with Crippen LogP contribution in [0, 0.1) is 6.08 Å². The minimum absolute atomic E-state index is 0.912. The first kappa shape index (κ1) is 27.6. The van der Waals surface area contributed by atoms with E-state index in [1.807, 2.05) is 24.5 Å². The largest absolute Gasteiger partial charge is 0.244 e. The van der Waals surface area contributed by atoms with Crippen LogP contribution in [0.3, 0.4) is 0 Å². The highest BCUT2D eigenvalue weighted by Gasteiger charge is 2.16. The monoisotopic (exact) mass is 669 g/mol. The maximum absolute atomic E-state index is 4.16. The van der Waals surface area contributed by atoms with E-state index in [2.05, 4.69) is 149 Å². The van der Waals surface area contributed by atoms with Crippen molar-refractivity contribution < 1.29 is 0 Å². The molecule has 4 nitrogen and oxygen atoms in total. The van der Waals surface area contributed by atoms with Crippen molar-refractivity contribution in [3.8, 4) is 11.1 Å². The van der Waals surface area contributed by atoms with Gasteiger partial charge in [0.2, 0.25) is 0 Å². The van der Waals surface area contributed by atoms with Gasteiger partial charge in [-0.15, -0.1) is 0 Å². The summed E-state index contributed by atoms with van der Waals surface area (Å²) < 4.78 is 2.07. The molecule has 0 amide bonds. The molecule has 0 atom stereocenters. The Kier molecular flexibility index (Phi) is 8.48. The number of hydrogen-bond acceptors (Lipinski definition) is 4. The Bertz CT molecular complexity index is 2000. The smallest absolute Gasteiger partial charge is 0.115 e. The Morgan fingerprint density at radius 3 is 1.67 bits per heavy atom. The van der Waals surface area contributed by atoms with Gasteiger partial charge in [0.1, 0.15) is 30.4 Å². The first-order chi connectivity index (χ1) is 20.7. The summed E-state index contributed by atoms with van der Waals surface area (Å²) >= 11 is 6.85. The Labute approximate surface area is 260 Å². The van der Waals surface area contributed by atoms with Gasteiger partial charge in [0, 0.05) is 47.4 Å². The number of nitrogens with zero attached hydrogens (tertiary/aromatic N) is 4. The van der Waals surface area contributed by atoms with E-state index >= 15 is 0 Å². The van der Waals surface area contributed by atoms with Crippen molar-refractivity contribution in [3.05, 3.63) is 155 Å². The van der Waals surface area contributed by atoms with Gasteiger partial charge < -0.3 is 0 Å². The van der Waals surface area contributed by atoms with Crippen LogP contribution in [0.4, 0.5) is 0 Å². The molecule has 7 aromatic rings. The van der Waals surface area contributed by atoms with Crippen molar-refractivity contribution in [1.82, 2.24) is 19.9 Å². The summed E-state index contributed by atoms with van der Waals surface area (Å²) in [5, 5.41) is 7.48. The van der Waals surface area contributed by atoms with Gasteiger partial charge in [-0.25, -0.2) is 19.9 Å². The molecule has 0 saturated carbocycles. The van der Waals surface area contributed by atoms with E-state index in [1.165, 1.54) is 55.3 Å². The Morgan fingerprint density at radius 1 is 0.571 bits per heavy atom. The number of hydrogen-bond donors (Lipinski definition) is 0. The Morgan fingerprint density at radius 2 is 1.10 bits per heavy atom. The Hall–Kier alpha value is -4.61. The molecular weight excluding hydrogens is 648 g/mol. The van der Waals surface area contributed by atoms with Crippen molar-refractivity contribution in [2.24, 2.45) is 0 Å². The molecule has 0 spiro atoms. The summed E-state index contributed by atoms with van der Waals surface area (Å²) in [6.45, 7) is 0. The number of benzene rings is 5. The van der Waals surface area contributed by atoms with Crippen molar-refractivity contribution in [1.29, 1.82) is 0 Å². The van der Waals surface area contributed by atoms with Gasteiger partial charge in [0.15, 0.2) is 0 Å². The molecule has 8 rings (SSSR count). The standard InChI is InChI=1S/C18H12N2.C14H8Br.C4H3BrN2/c1-3-7-16-13(5-1)9-14-6-2-4-8-17(14)18(16)15-10-19-12-20-11-15;15-14-12-7-3-1-5-10(12)9-11-6-2-4-8-13(11)14;5-4-1-6-3-7-2-4/h1-12H;1-3,5-9H;1-3H/q;+1;. The van der Waals surface area contributed by atoms with Crippen LogP contribution in [0.2, 0.25) is 0 Å². The molecule has 200 valence electrons. The maximum atomic E-state index is 4.16. The molecule has 1 aliphatic carbocycles. The zero-order chi connectivity index (χ0) is 28.7. The fourth-order valence-electron chi connectivity index (χ4n) is 4.93. The lowest BCUT2D eigenvalue weighted by Crippen LogP contribution is -1.88. The molecular formula is C36H23Br2N4+. The lowest BCUT2D eigenvalue weighted by atomic mass is 9.93. The first-order valence-corrected chi connectivity index (χ1v) is 14.8. The van der Waals surface area contributed by atoms with E-state index in [1.54, 1.807) is 18.7 Å².